The number of Topliss-reactive ketones (excluding diaryl/α,β-unsaturated/α-hetero) is 1. The molecule has 0 fully saturated rings. The van der Waals surface area contributed by atoms with E-state index < -0.39 is 0 Å². The van der Waals surface area contributed by atoms with Gasteiger partial charge in [-0.15, -0.1) is 0 Å². The lowest BCUT2D eigenvalue weighted by atomic mass is 9.87. The molecule has 2 heteroatoms. The summed E-state index contributed by atoms with van der Waals surface area (Å²) in [4.78, 5) is 12.0. The van der Waals surface area contributed by atoms with E-state index in [1.54, 1.807) is 0 Å². The molecule has 0 atom stereocenters. The van der Waals surface area contributed by atoms with Gasteiger partial charge >= 0.3 is 0 Å². The lowest BCUT2D eigenvalue weighted by Crippen LogP contribution is -2.25. The van der Waals surface area contributed by atoms with Gasteiger partial charge in [-0.1, -0.05) is 55.4 Å². The Hall–Kier alpha value is 0.0200. The van der Waals surface area contributed by atoms with E-state index in [0.717, 1.165) is 5.75 Å². The van der Waals surface area contributed by atoms with Gasteiger partial charge in [-0.2, -0.15) is 11.8 Å². The van der Waals surface area contributed by atoms with Crippen molar-refractivity contribution in [3.63, 3.8) is 0 Å². The van der Waals surface area contributed by atoms with Crippen LogP contribution in [-0.2, 0) is 4.79 Å². The van der Waals surface area contributed by atoms with Crippen LogP contribution in [0.1, 0.15) is 68.2 Å². The molecule has 102 valence electrons. The van der Waals surface area contributed by atoms with Gasteiger partial charge < -0.3 is 0 Å². The molecule has 0 unspecified atom stereocenters. The van der Waals surface area contributed by atoms with E-state index in [2.05, 4.69) is 55.4 Å². The van der Waals surface area contributed by atoms with Crippen LogP contribution in [0.3, 0.4) is 0 Å². The van der Waals surface area contributed by atoms with Crippen LogP contribution in [0.5, 0.6) is 0 Å². The van der Waals surface area contributed by atoms with E-state index in [-0.39, 0.29) is 10.2 Å². The predicted molar refractivity (Wildman–Crippen MR) is 79.7 cm³/mol. The minimum atomic E-state index is 0.0651. The van der Waals surface area contributed by atoms with E-state index in [0.29, 0.717) is 24.0 Å². The Kier molecular flexibility index (Phi) is 5.78. The minimum Gasteiger partial charge on any atom is -0.300 e. The molecule has 0 aliphatic rings. The van der Waals surface area contributed by atoms with Crippen molar-refractivity contribution >= 4 is 17.5 Å². The van der Waals surface area contributed by atoms with Crippen molar-refractivity contribution in [2.45, 2.75) is 73.0 Å². The van der Waals surface area contributed by atoms with Gasteiger partial charge in [0.25, 0.3) is 0 Å². The van der Waals surface area contributed by atoms with Crippen LogP contribution in [0.4, 0.5) is 0 Å². The second-order valence-electron chi connectivity index (χ2n) is 8.06. The number of carbonyl (C=O) groups is 1. The molecule has 0 amide bonds. The summed E-state index contributed by atoms with van der Waals surface area (Å²) < 4.78 is 0.0651. The summed E-state index contributed by atoms with van der Waals surface area (Å²) in [5, 5.41) is 0. The second-order valence-corrected chi connectivity index (χ2v) is 9.74. The van der Waals surface area contributed by atoms with Crippen LogP contribution in [0.15, 0.2) is 0 Å². The van der Waals surface area contributed by atoms with Crippen LogP contribution < -0.4 is 0 Å². The first kappa shape index (κ1) is 17.0. The van der Waals surface area contributed by atoms with Gasteiger partial charge in [-0.3, -0.25) is 4.79 Å². The molecular weight excluding hydrogens is 228 g/mol. The fourth-order valence-electron chi connectivity index (χ4n) is 1.59. The average molecular weight is 258 g/mol. The molecular formula is C15H30OS. The van der Waals surface area contributed by atoms with E-state index in [1.807, 2.05) is 11.8 Å². The maximum Gasteiger partial charge on any atom is 0.134 e. The number of hydrogen-bond acceptors (Lipinski definition) is 2. The van der Waals surface area contributed by atoms with Crippen LogP contribution in [0.25, 0.3) is 0 Å². The summed E-state index contributed by atoms with van der Waals surface area (Å²) in [6.45, 7) is 17.5. The Morgan fingerprint density at radius 2 is 1.29 bits per heavy atom. The normalized spacial score (nSPS) is 13.9. The zero-order valence-electron chi connectivity index (χ0n) is 12.9. The van der Waals surface area contributed by atoms with Crippen LogP contribution in [0, 0.1) is 10.8 Å². The van der Waals surface area contributed by atoms with E-state index in [1.165, 1.54) is 0 Å². The Morgan fingerprint density at radius 1 is 0.824 bits per heavy atom. The van der Waals surface area contributed by atoms with Crippen molar-refractivity contribution in [3.05, 3.63) is 0 Å². The SMILES string of the molecule is CC(C)(C)CSC(C)(C)CC(=O)CC(C)(C)C. The molecule has 0 aromatic rings. The number of ketones is 1. The topological polar surface area (TPSA) is 17.1 Å². The number of carbonyl (C=O) groups excluding carboxylic acids is 1. The van der Waals surface area contributed by atoms with Gasteiger partial charge in [0.05, 0.1) is 0 Å². The fraction of sp³-hybridized carbons (Fsp3) is 0.933. The maximum atomic E-state index is 12.0. The molecule has 0 heterocycles. The molecule has 0 spiro atoms. The van der Waals surface area contributed by atoms with Gasteiger partial charge in [0.15, 0.2) is 0 Å². The Balaban J connectivity index is 4.21. The molecule has 0 radical (unpaired) electrons. The molecule has 0 aromatic heterocycles. The van der Waals surface area contributed by atoms with Crippen molar-refractivity contribution in [1.29, 1.82) is 0 Å². The number of rotatable bonds is 5. The molecule has 0 aliphatic carbocycles. The average Bonchev–Trinajstić information content (AvgIpc) is 1.94. The molecule has 0 aliphatic heterocycles. The van der Waals surface area contributed by atoms with E-state index >= 15 is 0 Å². The van der Waals surface area contributed by atoms with Gasteiger partial charge in [0, 0.05) is 17.6 Å². The molecule has 0 saturated heterocycles. The zero-order valence-corrected chi connectivity index (χ0v) is 13.8. The van der Waals surface area contributed by atoms with Crippen LogP contribution >= 0.6 is 11.8 Å². The van der Waals surface area contributed by atoms with E-state index in [4.69, 9.17) is 0 Å². The van der Waals surface area contributed by atoms with Crippen molar-refractivity contribution in [2.24, 2.45) is 10.8 Å². The Morgan fingerprint density at radius 3 is 1.65 bits per heavy atom. The highest BCUT2D eigenvalue weighted by Gasteiger charge is 2.27. The molecule has 1 nitrogen and oxygen atoms in total. The summed E-state index contributed by atoms with van der Waals surface area (Å²) in [6, 6.07) is 0. The van der Waals surface area contributed by atoms with Gasteiger partial charge in [-0.05, 0) is 16.6 Å². The fourth-order valence-corrected chi connectivity index (χ4v) is 2.68. The van der Waals surface area contributed by atoms with E-state index in [9.17, 15) is 4.79 Å². The summed E-state index contributed by atoms with van der Waals surface area (Å²) in [5.74, 6) is 1.49. The van der Waals surface area contributed by atoms with Crippen LogP contribution in [-0.4, -0.2) is 16.3 Å². The highest BCUT2D eigenvalue weighted by atomic mass is 32.2. The quantitative estimate of drug-likeness (QED) is 0.695. The van der Waals surface area contributed by atoms with Crippen LogP contribution in [0.2, 0.25) is 0 Å². The van der Waals surface area contributed by atoms with Crippen molar-refractivity contribution in [2.75, 3.05) is 5.75 Å². The first-order valence-corrected chi connectivity index (χ1v) is 7.45. The molecule has 0 rings (SSSR count). The minimum absolute atomic E-state index is 0.0651. The highest BCUT2D eigenvalue weighted by molar-refractivity contribution is 8.00. The third-order valence-corrected chi connectivity index (χ3v) is 4.18. The van der Waals surface area contributed by atoms with Crippen molar-refractivity contribution in [3.8, 4) is 0 Å². The zero-order chi connectivity index (χ0) is 13.9. The summed E-state index contributed by atoms with van der Waals surface area (Å²) >= 11 is 1.92. The number of hydrogen-bond donors (Lipinski definition) is 0. The molecule has 17 heavy (non-hydrogen) atoms. The van der Waals surface area contributed by atoms with Gasteiger partial charge in [0.1, 0.15) is 5.78 Å². The Labute approximate surface area is 112 Å². The lowest BCUT2D eigenvalue weighted by Gasteiger charge is -2.29. The third kappa shape index (κ3) is 10.9. The first-order chi connectivity index (χ1) is 7.31. The molecule has 0 saturated carbocycles. The Bertz CT molecular complexity index is 253. The van der Waals surface area contributed by atoms with Gasteiger partial charge in [0.2, 0.25) is 0 Å². The monoisotopic (exact) mass is 258 g/mol. The number of thioether (sulfide) groups is 1. The lowest BCUT2D eigenvalue weighted by molar-refractivity contribution is -0.121. The summed E-state index contributed by atoms with van der Waals surface area (Å²) in [7, 11) is 0. The predicted octanol–water partition coefficient (Wildman–Crippen LogP) is 4.94. The smallest absolute Gasteiger partial charge is 0.134 e. The summed E-state index contributed by atoms with van der Waals surface area (Å²) in [6.07, 6.45) is 1.37. The van der Waals surface area contributed by atoms with Gasteiger partial charge in [-0.25, -0.2) is 0 Å². The first-order valence-electron chi connectivity index (χ1n) is 6.46. The molecule has 0 N–H and O–H groups in total. The van der Waals surface area contributed by atoms with Crippen molar-refractivity contribution < 1.29 is 4.79 Å². The second kappa shape index (κ2) is 5.77. The maximum absolute atomic E-state index is 12.0. The van der Waals surface area contributed by atoms with Crippen molar-refractivity contribution in [1.82, 2.24) is 0 Å². The molecule has 0 bridgehead atoms. The third-order valence-electron chi connectivity index (χ3n) is 2.25. The molecule has 0 aromatic carbocycles. The summed E-state index contributed by atoms with van der Waals surface area (Å²) in [5.41, 5.74) is 0.441. The standard InChI is InChI=1S/C15H30OS/c1-13(2,3)9-12(16)10-15(7,8)17-11-14(4,5)6/h9-11H2,1-8H3. The largest absolute Gasteiger partial charge is 0.300 e. The highest BCUT2D eigenvalue weighted by Crippen LogP contribution is 2.34.